The van der Waals surface area contributed by atoms with Crippen LogP contribution in [0.5, 0.6) is 5.88 Å². The minimum atomic E-state index is -4.51. The second-order valence-corrected chi connectivity index (χ2v) is 6.43. The molecule has 0 amide bonds. The van der Waals surface area contributed by atoms with Crippen molar-refractivity contribution in [3.8, 4) is 17.1 Å². The summed E-state index contributed by atoms with van der Waals surface area (Å²) in [7, 11) is 1.57. The van der Waals surface area contributed by atoms with E-state index in [0.29, 0.717) is 22.7 Å². The third-order valence-electron chi connectivity index (χ3n) is 4.11. The summed E-state index contributed by atoms with van der Waals surface area (Å²) in [4.78, 5) is 8.26. The Bertz CT molecular complexity index is 938. The largest absolute Gasteiger partial charge is 0.462 e. The lowest BCUT2D eigenvalue weighted by molar-refractivity contribution is -0.235. The van der Waals surface area contributed by atoms with E-state index in [4.69, 9.17) is 9.47 Å². The number of nitrogens with zero attached hydrogens (tertiary/aromatic N) is 5. The minimum absolute atomic E-state index is 0.125. The number of hydrogen-bond acceptors (Lipinski definition) is 6. The van der Waals surface area contributed by atoms with E-state index in [1.54, 1.807) is 30.0 Å². The molecule has 0 spiro atoms. The summed E-state index contributed by atoms with van der Waals surface area (Å²) in [6, 6.07) is 2.96. The van der Waals surface area contributed by atoms with E-state index >= 15 is 0 Å². The van der Waals surface area contributed by atoms with Crippen molar-refractivity contribution in [2.24, 2.45) is 0 Å². The Morgan fingerprint density at radius 3 is 2.41 bits per heavy atom. The molecule has 3 aromatic rings. The van der Waals surface area contributed by atoms with Crippen molar-refractivity contribution in [1.82, 2.24) is 24.6 Å². The zero-order valence-electron chi connectivity index (χ0n) is 15.2. The van der Waals surface area contributed by atoms with Crippen molar-refractivity contribution in [3.05, 3.63) is 36.5 Å². The van der Waals surface area contributed by atoms with Crippen LogP contribution in [0.4, 0.5) is 13.2 Å². The Kier molecular flexibility index (Phi) is 4.77. The molecule has 0 unspecified atom stereocenters. The molecule has 0 aliphatic rings. The molecule has 10 heteroatoms. The van der Waals surface area contributed by atoms with Gasteiger partial charge in [0.1, 0.15) is 6.10 Å². The van der Waals surface area contributed by atoms with Crippen molar-refractivity contribution < 1.29 is 22.6 Å². The first-order valence-corrected chi connectivity index (χ1v) is 8.08. The van der Waals surface area contributed by atoms with Crippen LogP contribution in [0.1, 0.15) is 32.7 Å². The van der Waals surface area contributed by atoms with E-state index in [-0.39, 0.29) is 12.0 Å². The first-order valence-electron chi connectivity index (χ1n) is 8.08. The van der Waals surface area contributed by atoms with Gasteiger partial charge in [0.05, 0.1) is 11.9 Å². The van der Waals surface area contributed by atoms with Gasteiger partial charge in [-0.3, -0.25) is 9.38 Å². The highest BCUT2D eigenvalue weighted by atomic mass is 19.4. The van der Waals surface area contributed by atoms with E-state index in [0.717, 1.165) is 13.8 Å². The van der Waals surface area contributed by atoms with Crippen molar-refractivity contribution in [1.29, 1.82) is 0 Å². The average Bonchev–Trinajstić information content (AvgIpc) is 3.03. The van der Waals surface area contributed by atoms with Gasteiger partial charge >= 0.3 is 6.18 Å². The lowest BCUT2D eigenvalue weighted by Gasteiger charge is -2.28. The van der Waals surface area contributed by atoms with Gasteiger partial charge in [0.15, 0.2) is 17.1 Å². The Hall–Kier alpha value is -2.75. The molecule has 0 saturated heterocycles. The topological polar surface area (TPSA) is 74.4 Å². The fourth-order valence-corrected chi connectivity index (χ4v) is 2.26. The molecule has 3 aromatic heterocycles. The third kappa shape index (κ3) is 3.70. The molecular formula is C17H18F3N5O2. The summed E-state index contributed by atoms with van der Waals surface area (Å²) in [6.45, 7) is 3.73. The molecule has 3 heterocycles. The summed E-state index contributed by atoms with van der Waals surface area (Å²) in [5, 5.41) is 8.11. The van der Waals surface area contributed by atoms with Crippen molar-refractivity contribution >= 4 is 5.65 Å². The number of halogens is 3. The van der Waals surface area contributed by atoms with Crippen LogP contribution >= 0.6 is 0 Å². The van der Waals surface area contributed by atoms with E-state index in [1.807, 2.05) is 6.92 Å². The van der Waals surface area contributed by atoms with Crippen LogP contribution in [0, 0.1) is 0 Å². The molecule has 0 radical (unpaired) electrons. The molecule has 0 saturated carbocycles. The van der Waals surface area contributed by atoms with Gasteiger partial charge in [0.25, 0.3) is 0 Å². The molecule has 144 valence electrons. The minimum Gasteiger partial charge on any atom is -0.462 e. The highest BCUT2D eigenvalue weighted by Crippen LogP contribution is 2.33. The molecule has 27 heavy (non-hydrogen) atoms. The summed E-state index contributed by atoms with van der Waals surface area (Å²) in [5.41, 5.74) is -0.621. The molecule has 1 atom stereocenters. The van der Waals surface area contributed by atoms with E-state index in [2.05, 4.69) is 20.2 Å². The zero-order chi connectivity index (χ0) is 19.8. The number of pyridine rings is 1. The molecule has 7 nitrogen and oxygen atoms in total. The molecule has 0 fully saturated rings. The fraction of sp³-hybridized carbons (Fsp3) is 0.412. The van der Waals surface area contributed by atoms with E-state index < -0.39 is 11.8 Å². The second kappa shape index (κ2) is 6.76. The molecule has 0 N–H and O–H groups in total. The Morgan fingerprint density at radius 2 is 1.81 bits per heavy atom. The van der Waals surface area contributed by atoms with Crippen molar-refractivity contribution in [2.45, 2.75) is 38.7 Å². The average molecular weight is 381 g/mol. The maximum absolute atomic E-state index is 12.9. The summed E-state index contributed by atoms with van der Waals surface area (Å²) < 4.78 is 50.8. The van der Waals surface area contributed by atoms with Gasteiger partial charge in [-0.1, -0.05) is 0 Å². The van der Waals surface area contributed by atoms with Crippen molar-refractivity contribution in [2.75, 3.05) is 7.11 Å². The van der Waals surface area contributed by atoms with Crippen LogP contribution in [0.3, 0.4) is 0 Å². The normalized spacial score (nSPS) is 13.7. The Morgan fingerprint density at radius 1 is 1.07 bits per heavy atom. The third-order valence-corrected chi connectivity index (χ3v) is 4.11. The molecule has 0 aliphatic heterocycles. The van der Waals surface area contributed by atoms with Gasteiger partial charge in [-0.2, -0.15) is 13.2 Å². The smallest absolute Gasteiger partial charge is 0.427 e. The van der Waals surface area contributed by atoms with Crippen LogP contribution in [0.2, 0.25) is 0 Å². The van der Waals surface area contributed by atoms with Gasteiger partial charge in [0.2, 0.25) is 5.88 Å². The lowest BCUT2D eigenvalue weighted by atomic mass is 10.1. The van der Waals surface area contributed by atoms with Gasteiger partial charge < -0.3 is 9.47 Å². The predicted molar refractivity (Wildman–Crippen MR) is 90.2 cm³/mol. The SMILES string of the molecule is CO[C@@H](C)c1nnc2cnc(-c3ccc(OC(C)(C)C(F)(F)F)nc3)cn12. The zero-order valence-corrected chi connectivity index (χ0v) is 15.2. The van der Waals surface area contributed by atoms with Gasteiger partial charge in [0, 0.05) is 31.1 Å². The highest BCUT2D eigenvalue weighted by molar-refractivity contribution is 5.59. The van der Waals surface area contributed by atoms with Crippen LogP contribution in [0.25, 0.3) is 16.9 Å². The first kappa shape index (κ1) is 19.0. The van der Waals surface area contributed by atoms with Crippen LogP contribution in [-0.4, -0.2) is 43.5 Å². The number of aromatic nitrogens is 5. The number of methoxy groups -OCH3 is 1. The van der Waals surface area contributed by atoms with E-state index in [9.17, 15) is 13.2 Å². The maximum atomic E-state index is 12.9. The lowest BCUT2D eigenvalue weighted by Crippen LogP contribution is -2.44. The number of fused-ring (bicyclic) bond motifs is 1. The number of hydrogen-bond donors (Lipinski definition) is 0. The molecule has 0 bridgehead atoms. The Balaban J connectivity index is 1.89. The quantitative estimate of drug-likeness (QED) is 0.672. The molecule has 3 rings (SSSR count). The standard InChI is InChI=1S/C17H18F3N5O2/c1-10(26-4)15-24-23-13-8-21-12(9-25(13)15)11-5-6-14(22-7-11)27-16(2,3)17(18,19)20/h5-10H,1-4H3/t10-/m0/s1. The Labute approximate surface area is 153 Å². The molecular weight excluding hydrogens is 363 g/mol. The number of ether oxygens (including phenoxy) is 2. The fourth-order valence-electron chi connectivity index (χ4n) is 2.26. The van der Waals surface area contributed by atoms with Crippen LogP contribution in [0.15, 0.2) is 30.7 Å². The number of alkyl halides is 3. The van der Waals surface area contributed by atoms with Gasteiger partial charge in [-0.15, -0.1) is 10.2 Å². The summed E-state index contributed by atoms with van der Waals surface area (Å²) in [5.74, 6) is 0.483. The second-order valence-electron chi connectivity index (χ2n) is 6.43. The van der Waals surface area contributed by atoms with Crippen LogP contribution in [-0.2, 0) is 4.74 Å². The number of rotatable bonds is 5. The van der Waals surface area contributed by atoms with Crippen molar-refractivity contribution in [3.63, 3.8) is 0 Å². The summed E-state index contributed by atoms with van der Waals surface area (Å²) >= 11 is 0. The molecule has 0 aromatic carbocycles. The predicted octanol–water partition coefficient (Wildman–Crippen LogP) is 3.61. The first-order chi connectivity index (χ1) is 12.6. The maximum Gasteiger partial charge on any atom is 0.427 e. The van der Waals surface area contributed by atoms with E-state index in [1.165, 1.54) is 12.3 Å². The van der Waals surface area contributed by atoms with Crippen LogP contribution < -0.4 is 4.74 Å². The highest BCUT2D eigenvalue weighted by Gasteiger charge is 2.50. The monoisotopic (exact) mass is 381 g/mol. The molecule has 0 aliphatic carbocycles. The van der Waals surface area contributed by atoms with Gasteiger partial charge in [-0.05, 0) is 26.8 Å². The van der Waals surface area contributed by atoms with Gasteiger partial charge in [-0.25, -0.2) is 4.98 Å². The summed E-state index contributed by atoms with van der Waals surface area (Å²) in [6.07, 6.45) is -0.112.